The molecule has 0 heterocycles. The van der Waals surface area contributed by atoms with Crippen molar-refractivity contribution in [3.8, 4) is 0 Å². The number of nitrogens with one attached hydrogen (secondary N) is 2. The van der Waals surface area contributed by atoms with Crippen molar-refractivity contribution in [2.75, 3.05) is 30.3 Å². The molecular weight excluding hydrogens is 357 g/mol. The van der Waals surface area contributed by atoms with E-state index in [9.17, 15) is 14.0 Å². The lowest BCUT2D eigenvalue weighted by Crippen LogP contribution is -2.30. The van der Waals surface area contributed by atoms with Crippen molar-refractivity contribution in [3.05, 3.63) is 58.9 Å². The number of halogens is 2. The molecule has 2 aromatic carbocycles. The summed E-state index contributed by atoms with van der Waals surface area (Å²) >= 11 is 6.22. The van der Waals surface area contributed by atoms with Crippen LogP contribution in [-0.2, 0) is 4.79 Å². The molecule has 0 bridgehead atoms. The number of amides is 2. The molecule has 0 radical (unpaired) electrons. The summed E-state index contributed by atoms with van der Waals surface area (Å²) in [4.78, 5) is 26.0. The molecule has 0 atom stereocenters. The number of carbonyl (C=O) groups excluding carboxylic acids is 2. The van der Waals surface area contributed by atoms with Crippen molar-refractivity contribution in [1.82, 2.24) is 4.90 Å². The first-order chi connectivity index (χ1) is 12.4. The Morgan fingerprint density at radius 3 is 2.42 bits per heavy atom. The summed E-state index contributed by atoms with van der Waals surface area (Å²) in [7, 11) is 0. The van der Waals surface area contributed by atoms with E-state index in [0.29, 0.717) is 35.1 Å². The lowest BCUT2D eigenvalue weighted by atomic mass is 10.1. The molecule has 26 heavy (non-hydrogen) atoms. The van der Waals surface area contributed by atoms with Gasteiger partial charge >= 0.3 is 0 Å². The SMILES string of the molecule is CCN(CC)C(=O)c1ccc(NCC(=O)Nc2cccc(F)c2)cc1Cl. The zero-order valence-corrected chi connectivity index (χ0v) is 15.4. The zero-order chi connectivity index (χ0) is 19.1. The molecule has 0 aliphatic heterocycles. The number of rotatable bonds is 7. The van der Waals surface area contributed by atoms with Crippen LogP contribution in [0.3, 0.4) is 0 Å². The lowest BCUT2D eigenvalue weighted by molar-refractivity contribution is -0.114. The minimum atomic E-state index is -0.420. The number of carbonyl (C=O) groups is 2. The van der Waals surface area contributed by atoms with Crippen LogP contribution in [0, 0.1) is 5.82 Å². The Morgan fingerprint density at radius 2 is 1.81 bits per heavy atom. The highest BCUT2D eigenvalue weighted by Crippen LogP contribution is 2.22. The largest absolute Gasteiger partial charge is 0.376 e. The van der Waals surface area contributed by atoms with Crippen LogP contribution in [0.1, 0.15) is 24.2 Å². The van der Waals surface area contributed by atoms with Gasteiger partial charge in [0.25, 0.3) is 5.91 Å². The highest BCUT2D eigenvalue weighted by Gasteiger charge is 2.16. The fraction of sp³-hybridized carbons (Fsp3) is 0.263. The lowest BCUT2D eigenvalue weighted by Gasteiger charge is -2.19. The highest BCUT2D eigenvalue weighted by atomic mass is 35.5. The van der Waals surface area contributed by atoms with Crippen LogP contribution in [0.4, 0.5) is 15.8 Å². The Kier molecular flexibility index (Phi) is 6.97. The van der Waals surface area contributed by atoms with E-state index < -0.39 is 5.82 Å². The Morgan fingerprint density at radius 1 is 1.08 bits per heavy atom. The molecule has 2 rings (SSSR count). The predicted molar refractivity (Wildman–Crippen MR) is 102 cm³/mol. The molecule has 7 heteroatoms. The molecule has 0 unspecified atom stereocenters. The van der Waals surface area contributed by atoms with Gasteiger partial charge in [0.2, 0.25) is 5.91 Å². The number of anilines is 2. The first kappa shape index (κ1) is 19.7. The van der Waals surface area contributed by atoms with Gasteiger partial charge in [0.05, 0.1) is 17.1 Å². The number of benzene rings is 2. The zero-order valence-electron chi connectivity index (χ0n) is 14.7. The molecule has 0 aromatic heterocycles. The molecule has 0 saturated heterocycles. The van der Waals surface area contributed by atoms with Gasteiger partial charge in [-0.05, 0) is 50.2 Å². The monoisotopic (exact) mass is 377 g/mol. The molecule has 0 fully saturated rings. The molecule has 2 amide bonds. The van der Waals surface area contributed by atoms with Crippen molar-refractivity contribution < 1.29 is 14.0 Å². The summed E-state index contributed by atoms with van der Waals surface area (Å²) in [5.74, 6) is -0.874. The van der Waals surface area contributed by atoms with Gasteiger partial charge in [-0.3, -0.25) is 9.59 Å². The van der Waals surface area contributed by atoms with Gasteiger partial charge < -0.3 is 15.5 Å². The molecule has 0 spiro atoms. The van der Waals surface area contributed by atoms with Crippen LogP contribution in [0.5, 0.6) is 0 Å². The van der Waals surface area contributed by atoms with Gasteiger partial charge in [-0.15, -0.1) is 0 Å². The average molecular weight is 378 g/mol. The van der Waals surface area contributed by atoms with Crippen molar-refractivity contribution >= 4 is 34.8 Å². The van der Waals surface area contributed by atoms with Crippen molar-refractivity contribution in [2.45, 2.75) is 13.8 Å². The van der Waals surface area contributed by atoms with E-state index >= 15 is 0 Å². The fourth-order valence-electron chi connectivity index (χ4n) is 2.43. The third-order valence-electron chi connectivity index (χ3n) is 3.81. The van der Waals surface area contributed by atoms with Crippen molar-refractivity contribution in [1.29, 1.82) is 0 Å². The van der Waals surface area contributed by atoms with Gasteiger partial charge in [-0.25, -0.2) is 4.39 Å². The molecule has 0 aliphatic rings. The van der Waals surface area contributed by atoms with Gasteiger partial charge in [-0.2, -0.15) is 0 Å². The van der Waals surface area contributed by atoms with Crippen molar-refractivity contribution in [2.24, 2.45) is 0 Å². The van der Waals surface area contributed by atoms with E-state index in [-0.39, 0.29) is 18.4 Å². The van der Waals surface area contributed by atoms with Crippen molar-refractivity contribution in [3.63, 3.8) is 0 Å². The van der Waals surface area contributed by atoms with E-state index in [0.717, 1.165) is 0 Å². The van der Waals surface area contributed by atoms with E-state index in [1.54, 1.807) is 29.2 Å². The Labute approximate surface area is 157 Å². The van der Waals surface area contributed by atoms with Gasteiger partial charge in [-0.1, -0.05) is 17.7 Å². The third kappa shape index (κ3) is 5.20. The van der Waals surface area contributed by atoms with Gasteiger partial charge in [0.15, 0.2) is 0 Å². The minimum absolute atomic E-state index is 0.0177. The van der Waals surface area contributed by atoms with Gasteiger partial charge in [0, 0.05) is 24.5 Å². The smallest absolute Gasteiger partial charge is 0.255 e. The minimum Gasteiger partial charge on any atom is -0.376 e. The first-order valence-corrected chi connectivity index (χ1v) is 8.70. The van der Waals surface area contributed by atoms with Crippen LogP contribution in [-0.4, -0.2) is 36.3 Å². The van der Waals surface area contributed by atoms with E-state index in [1.165, 1.54) is 18.2 Å². The third-order valence-corrected chi connectivity index (χ3v) is 4.12. The Balaban J connectivity index is 1.97. The molecule has 2 N–H and O–H groups in total. The molecule has 5 nitrogen and oxygen atoms in total. The quantitative estimate of drug-likeness (QED) is 0.766. The Hall–Kier alpha value is -2.60. The van der Waals surface area contributed by atoms with E-state index in [1.807, 2.05) is 13.8 Å². The summed E-state index contributed by atoms with van der Waals surface area (Å²) < 4.78 is 13.1. The summed E-state index contributed by atoms with van der Waals surface area (Å²) in [6.45, 7) is 5.00. The highest BCUT2D eigenvalue weighted by molar-refractivity contribution is 6.34. The van der Waals surface area contributed by atoms with Crippen LogP contribution >= 0.6 is 11.6 Å². The summed E-state index contributed by atoms with van der Waals surface area (Å²) in [5.41, 5.74) is 1.42. The summed E-state index contributed by atoms with van der Waals surface area (Å²) in [6.07, 6.45) is 0. The normalized spacial score (nSPS) is 10.3. The Bertz CT molecular complexity index is 794. The topological polar surface area (TPSA) is 61.4 Å². The fourth-order valence-corrected chi connectivity index (χ4v) is 2.69. The molecule has 0 saturated carbocycles. The predicted octanol–water partition coefficient (Wildman–Crippen LogP) is 4.01. The summed E-state index contributed by atoms with van der Waals surface area (Å²) in [5, 5.41) is 5.84. The second-order valence-electron chi connectivity index (χ2n) is 5.58. The maximum absolute atomic E-state index is 13.1. The number of nitrogens with zero attached hydrogens (tertiary/aromatic N) is 1. The summed E-state index contributed by atoms with van der Waals surface area (Å²) in [6, 6.07) is 10.6. The molecule has 0 aliphatic carbocycles. The average Bonchev–Trinajstić information content (AvgIpc) is 2.61. The second-order valence-corrected chi connectivity index (χ2v) is 5.99. The molecular formula is C19H21ClFN3O2. The van der Waals surface area contributed by atoms with E-state index in [4.69, 9.17) is 11.6 Å². The second kappa shape index (κ2) is 9.20. The van der Waals surface area contributed by atoms with Crippen LogP contribution in [0.2, 0.25) is 5.02 Å². The standard InChI is InChI=1S/C19H21ClFN3O2/c1-3-24(4-2)19(26)16-9-8-14(11-17(16)20)22-12-18(25)23-15-7-5-6-13(21)10-15/h5-11,22H,3-4,12H2,1-2H3,(H,23,25). The molecule has 2 aromatic rings. The first-order valence-electron chi connectivity index (χ1n) is 8.32. The van der Waals surface area contributed by atoms with Gasteiger partial charge in [0.1, 0.15) is 5.82 Å². The van der Waals surface area contributed by atoms with Crippen LogP contribution in [0.15, 0.2) is 42.5 Å². The maximum atomic E-state index is 13.1. The maximum Gasteiger partial charge on any atom is 0.255 e. The van der Waals surface area contributed by atoms with Crippen LogP contribution < -0.4 is 10.6 Å². The molecule has 138 valence electrons. The van der Waals surface area contributed by atoms with Crippen LogP contribution in [0.25, 0.3) is 0 Å². The number of hydrogen-bond acceptors (Lipinski definition) is 3. The number of hydrogen-bond donors (Lipinski definition) is 2. The van der Waals surface area contributed by atoms with E-state index in [2.05, 4.69) is 10.6 Å².